The van der Waals surface area contributed by atoms with Crippen LogP contribution < -0.4 is 0 Å². The number of nitrogens with zero attached hydrogens (tertiary/aromatic N) is 1. The highest BCUT2D eigenvalue weighted by Crippen LogP contribution is 2.17. The van der Waals surface area contributed by atoms with Gasteiger partial charge in [0.15, 0.2) is 0 Å². The van der Waals surface area contributed by atoms with E-state index in [2.05, 4.69) is 25.9 Å². The molecule has 66 valence electrons. The summed E-state index contributed by atoms with van der Waals surface area (Å²) < 4.78 is 0. The van der Waals surface area contributed by atoms with Crippen LogP contribution in [-0.2, 0) is 0 Å². The van der Waals surface area contributed by atoms with E-state index in [0.29, 0.717) is 18.4 Å². The molecule has 0 rings (SSSR count). The number of unbranched alkanes of at least 4 members (excludes halogenated alkanes) is 1. The smallest absolute Gasteiger partial charge is 0.0839 e. The second-order valence-corrected chi connectivity index (χ2v) is 3.41. The summed E-state index contributed by atoms with van der Waals surface area (Å²) in [6, 6.07) is 0. The molecule has 0 saturated carbocycles. The summed E-state index contributed by atoms with van der Waals surface area (Å²) in [5.74, 6) is 1.10. The van der Waals surface area contributed by atoms with Crippen LogP contribution in [0.5, 0.6) is 0 Å². The van der Waals surface area contributed by atoms with Gasteiger partial charge in [-0.3, -0.25) is 0 Å². The van der Waals surface area contributed by atoms with E-state index in [1.807, 2.05) is 0 Å². The van der Waals surface area contributed by atoms with E-state index in [4.69, 9.17) is 0 Å². The molecule has 0 radical (unpaired) electrons. The van der Waals surface area contributed by atoms with E-state index in [9.17, 15) is 4.91 Å². The van der Waals surface area contributed by atoms with E-state index < -0.39 is 0 Å². The van der Waals surface area contributed by atoms with Crippen molar-refractivity contribution < 1.29 is 0 Å². The molecule has 2 heteroatoms. The predicted molar refractivity (Wildman–Crippen MR) is 48.5 cm³/mol. The lowest BCUT2D eigenvalue weighted by Crippen LogP contribution is -2.10. The van der Waals surface area contributed by atoms with E-state index in [-0.39, 0.29) is 0 Å². The molecule has 0 aromatic rings. The number of nitroso groups, excluding NO2 is 1. The molecule has 0 fully saturated rings. The molecule has 2 unspecified atom stereocenters. The molecule has 0 N–H and O–H groups in total. The molecule has 0 aliphatic heterocycles. The monoisotopic (exact) mass is 157 g/mol. The van der Waals surface area contributed by atoms with Gasteiger partial charge in [0.2, 0.25) is 0 Å². The van der Waals surface area contributed by atoms with Crippen molar-refractivity contribution in [2.45, 2.75) is 40.0 Å². The third-order valence-electron chi connectivity index (χ3n) is 2.35. The summed E-state index contributed by atoms with van der Waals surface area (Å²) in [6.07, 6.45) is 3.74. The fraction of sp³-hybridized carbons (Fsp3) is 1.00. The third kappa shape index (κ3) is 4.93. The van der Waals surface area contributed by atoms with Crippen LogP contribution in [0.3, 0.4) is 0 Å². The molecular weight excluding hydrogens is 138 g/mol. The zero-order valence-electron chi connectivity index (χ0n) is 7.84. The SMILES string of the molecule is CCCCC(C)C(C)CN=O. The minimum atomic E-state index is 0.457. The molecule has 0 aromatic carbocycles. The minimum Gasteiger partial charge on any atom is -0.151 e. The standard InChI is InChI=1S/C9H19NO/c1-4-5-6-8(2)9(3)7-10-11/h8-9H,4-7H2,1-3H3. The topological polar surface area (TPSA) is 29.4 Å². The Hall–Kier alpha value is -0.400. The molecule has 0 aliphatic carbocycles. The van der Waals surface area contributed by atoms with Gasteiger partial charge in [-0.1, -0.05) is 45.2 Å². The normalized spacial score (nSPS) is 15.9. The van der Waals surface area contributed by atoms with Crippen molar-refractivity contribution in [2.24, 2.45) is 17.0 Å². The molecule has 2 atom stereocenters. The lowest BCUT2D eigenvalue weighted by Gasteiger charge is -2.15. The van der Waals surface area contributed by atoms with Gasteiger partial charge in [-0.25, -0.2) is 0 Å². The lowest BCUT2D eigenvalue weighted by molar-refractivity contribution is 0.362. The minimum absolute atomic E-state index is 0.457. The second-order valence-electron chi connectivity index (χ2n) is 3.41. The van der Waals surface area contributed by atoms with Crippen LogP contribution in [0, 0.1) is 16.7 Å². The van der Waals surface area contributed by atoms with Gasteiger partial charge in [0.25, 0.3) is 0 Å². The van der Waals surface area contributed by atoms with E-state index in [1.165, 1.54) is 19.3 Å². The second kappa shape index (κ2) is 6.32. The first-order chi connectivity index (χ1) is 5.22. The molecule has 0 bridgehead atoms. The maximum atomic E-state index is 9.94. The molecule has 2 nitrogen and oxygen atoms in total. The summed E-state index contributed by atoms with van der Waals surface area (Å²) in [5.41, 5.74) is 0. The Bertz CT molecular complexity index is 104. The van der Waals surface area contributed by atoms with Crippen LogP contribution in [0.25, 0.3) is 0 Å². The van der Waals surface area contributed by atoms with Gasteiger partial charge < -0.3 is 0 Å². The first kappa shape index (κ1) is 10.6. The summed E-state index contributed by atoms with van der Waals surface area (Å²) in [5, 5.41) is 2.91. The van der Waals surface area contributed by atoms with Crippen molar-refractivity contribution in [3.8, 4) is 0 Å². The Morgan fingerprint density at radius 2 is 1.91 bits per heavy atom. The van der Waals surface area contributed by atoms with Gasteiger partial charge in [-0.05, 0) is 11.8 Å². The first-order valence-electron chi connectivity index (χ1n) is 4.51. The maximum Gasteiger partial charge on any atom is 0.0839 e. The van der Waals surface area contributed by atoms with Crippen molar-refractivity contribution >= 4 is 0 Å². The van der Waals surface area contributed by atoms with Gasteiger partial charge in [-0.2, -0.15) is 4.91 Å². The summed E-state index contributed by atoms with van der Waals surface area (Å²) >= 11 is 0. The quantitative estimate of drug-likeness (QED) is 0.544. The van der Waals surface area contributed by atoms with E-state index >= 15 is 0 Å². The fourth-order valence-electron chi connectivity index (χ4n) is 1.11. The highest BCUT2D eigenvalue weighted by atomic mass is 16.3. The van der Waals surface area contributed by atoms with Crippen LogP contribution in [0.2, 0.25) is 0 Å². The van der Waals surface area contributed by atoms with Crippen molar-refractivity contribution in [1.29, 1.82) is 0 Å². The first-order valence-corrected chi connectivity index (χ1v) is 4.51. The molecule has 0 aromatic heterocycles. The van der Waals surface area contributed by atoms with Crippen molar-refractivity contribution in [3.63, 3.8) is 0 Å². The number of hydrogen-bond donors (Lipinski definition) is 0. The van der Waals surface area contributed by atoms with Crippen LogP contribution >= 0.6 is 0 Å². The Balaban J connectivity index is 3.45. The summed E-state index contributed by atoms with van der Waals surface area (Å²) in [4.78, 5) is 9.94. The zero-order chi connectivity index (χ0) is 8.69. The summed E-state index contributed by atoms with van der Waals surface area (Å²) in [6.45, 7) is 6.97. The summed E-state index contributed by atoms with van der Waals surface area (Å²) in [7, 11) is 0. The van der Waals surface area contributed by atoms with Gasteiger partial charge in [-0.15, -0.1) is 0 Å². The highest BCUT2D eigenvalue weighted by molar-refractivity contribution is 4.63. The van der Waals surface area contributed by atoms with E-state index in [0.717, 1.165) is 0 Å². The average Bonchev–Trinajstić information content (AvgIpc) is 2.00. The van der Waals surface area contributed by atoms with Gasteiger partial charge in [0.1, 0.15) is 0 Å². The third-order valence-corrected chi connectivity index (χ3v) is 2.35. The van der Waals surface area contributed by atoms with Crippen LogP contribution in [0.4, 0.5) is 0 Å². The van der Waals surface area contributed by atoms with Crippen molar-refractivity contribution in [2.75, 3.05) is 6.54 Å². The Morgan fingerprint density at radius 3 is 2.36 bits per heavy atom. The average molecular weight is 157 g/mol. The van der Waals surface area contributed by atoms with Crippen LogP contribution in [0.15, 0.2) is 5.18 Å². The Kier molecular flexibility index (Phi) is 6.09. The molecule has 0 heterocycles. The van der Waals surface area contributed by atoms with Crippen molar-refractivity contribution in [3.05, 3.63) is 4.91 Å². The number of rotatable bonds is 6. The molecule has 0 aliphatic rings. The zero-order valence-corrected chi connectivity index (χ0v) is 7.84. The number of hydrogen-bond acceptors (Lipinski definition) is 2. The predicted octanol–water partition coefficient (Wildman–Crippen LogP) is 3.22. The largest absolute Gasteiger partial charge is 0.151 e. The van der Waals surface area contributed by atoms with Crippen molar-refractivity contribution in [1.82, 2.24) is 0 Å². The Morgan fingerprint density at radius 1 is 1.27 bits per heavy atom. The van der Waals surface area contributed by atoms with E-state index in [1.54, 1.807) is 0 Å². The Labute approximate surface area is 69.4 Å². The van der Waals surface area contributed by atoms with Gasteiger partial charge in [0, 0.05) is 0 Å². The lowest BCUT2D eigenvalue weighted by atomic mass is 9.91. The molecule has 0 saturated heterocycles. The van der Waals surface area contributed by atoms with Gasteiger partial charge >= 0.3 is 0 Å². The fourth-order valence-corrected chi connectivity index (χ4v) is 1.11. The molecule has 11 heavy (non-hydrogen) atoms. The van der Waals surface area contributed by atoms with Gasteiger partial charge in [0.05, 0.1) is 6.54 Å². The molecular formula is C9H19NO. The maximum absolute atomic E-state index is 9.94. The molecule has 0 amide bonds. The van der Waals surface area contributed by atoms with Crippen LogP contribution in [-0.4, -0.2) is 6.54 Å². The molecule has 0 spiro atoms. The van der Waals surface area contributed by atoms with Crippen LogP contribution in [0.1, 0.15) is 40.0 Å². The highest BCUT2D eigenvalue weighted by Gasteiger charge is 2.10.